The highest BCUT2D eigenvalue weighted by Crippen LogP contribution is 2.22. The van der Waals surface area contributed by atoms with Gasteiger partial charge in [0.05, 0.1) is 19.8 Å². The van der Waals surface area contributed by atoms with E-state index in [9.17, 15) is 25.2 Å². The molecule has 52 heavy (non-hydrogen) atoms. The molecular weight excluding hydrogens is 660 g/mol. The summed E-state index contributed by atoms with van der Waals surface area (Å²) in [6.45, 7) is 4.57. The van der Waals surface area contributed by atoms with Gasteiger partial charge in [0.1, 0.15) is 30.5 Å². The summed E-state index contributed by atoms with van der Waals surface area (Å²) in [5.74, 6) is -0.316. The van der Waals surface area contributed by atoms with E-state index >= 15 is 0 Å². The Bertz CT molecular complexity index is 807. The highest BCUT2D eigenvalue weighted by Gasteiger charge is 2.44. The van der Waals surface area contributed by atoms with Crippen LogP contribution in [0.1, 0.15) is 194 Å². The second-order valence-corrected chi connectivity index (χ2v) is 15.1. The standard InChI is InChI=1S/C43H82O9/c1-3-5-7-9-11-13-15-17-18-19-20-21-22-24-26-28-30-32-39(45)51-37(36-50-43-42(48)41(47)40(46)38(34-44)52-43)35-49-33-31-29-27-25-23-16-14-12-10-8-6-4-2/h17-18,37-38,40-44,46-48H,3-16,19-36H2,1-2H3/b18-17-. The van der Waals surface area contributed by atoms with E-state index in [4.69, 9.17) is 18.9 Å². The first-order valence-corrected chi connectivity index (χ1v) is 21.8. The van der Waals surface area contributed by atoms with Crippen molar-refractivity contribution in [1.82, 2.24) is 0 Å². The van der Waals surface area contributed by atoms with E-state index in [1.54, 1.807) is 0 Å². The van der Waals surface area contributed by atoms with Gasteiger partial charge in [-0.3, -0.25) is 4.79 Å². The minimum Gasteiger partial charge on any atom is -0.457 e. The van der Waals surface area contributed by atoms with Crippen molar-refractivity contribution in [2.75, 3.05) is 26.4 Å². The molecule has 9 heteroatoms. The van der Waals surface area contributed by atoms with Crippen LogP contribution in [0.15, 0.2) is 12.2 Å². The Morgan fingerprint density at radius 2 is 1.06 bits per heavy atom. The predicted octanol–water partition coefficient (Wildman–Crippen LogP) is 9.25. The third kappa shape index (κ3) is 26.7. The van der Waals surface area contributed by atoms with Crippen LogP contribution in [0, 0.1) is 0 Å². The van der Waals surface area contributed by atoms with Gasteiger partial charge in [-0.25, -0.2) is 0 Å². The molecule has 0 radical (unpaired) electrons. The van der Waals surface area contributed by atoms with E-state index < -0.39 is 43.4 Å². The third-order valence-corrected chi connectivity index (χ3v) is 10.2. The fraction of sp³-hybridized carbons (Fsp3) is 0.930. The maximum atomic E-state index is 12.7. The van der Waals surface area contributed by atoms with Gasteiger partial charge in [-0.2, -0.15) is 0 Å². The van der Waals surface area contributed by atoms with Crippen molar-refractivity contribution >= 4 is 5.97 Å². The number of carbonyl (C=O) groups excluding carboxylic acids is 1. The summed E-state index contributed by atoms with van der Waals surface area (Å²) < 4.78 is 22.8. The molecule has 1 aliphatic rings. The SMILES string of the molecule is CCCCCCCC/C=C\CCCCCCCCCC(=O)OC(COCCCCCCCCCCCCCC)COC1OC(CO)C(O)C(O)C1O. The van der Waals surface area contributed by atoms with Crippen LogP contribution < -0.4 is 0 Å². The van der Waals surface area contributed by atoms with Gasteiger partial charge in [-0.05, 0) is 38.5 Å². The molecule has 4 N–H and O–H groups in total. The molecule has 0 bridgehead atoms. The number of hydrogen-bond donors (Lipinski definition) is 4. The Kier molecular flexibility index (Phi) is 33.5. The van der Waals surface area contributed by atoms with E-state index in [-0.39, 0.29) is 19.2 Å². The van der Waals surface area contributed by atoms with E-state index in [0.717, 1.165) is 32.1 Å². The van der Waals surface area contributed by atoms with Crippen molar-refractivity contribution in [3.8, 4) is 0 Å². The fourth-order valence-corrected chi connectivity index (χ4v) is 6.72. The number of aliphatic hydroxyl groups is 4. The average molecular weight is 743 g/mol. The lowest BCUT2D eigenvalue weighted by Crippen LogP contribution is -2.59. The molecule has 1 rings (SSSR count). The van der Waals surface area contributed by atoms with Crippen LogP contribution in [0.3, 0.4) is 0 Å². The van der Waals surface area contributed by atoms with Gasteiger partial charge in [0.25, 0.3) is 0 Å². The first-order valence-electron chi connectivity index (χ1n) is 21.8. The number of unbranched alkanes of at least 4 members (excludes halogenated alkanes) is 24. The Morgan fingerprint density at radius 3 is 1.56 bits per heavy atom. The van der Waals surface area contributed by atoms with E-state index in [1.165, 1.54) is 141 Å². The molecule has 0 aromatic heterocycles. The first kappa shape index (κ1) is 48.9. The number of esters is 1. The Labute approximate surface area is 318 Å². The molecule has 0 spiro atoms. The smallest absolute Gasteiger partial charge is 0.306 e. The molecule has 1 saturated heterocycles. The van der Waals surface area contributed by atoms with Crippen molar-refractivity contribution in [3.05, 3.63) is 12.2 Å². The van der Waals surface area contributed by atoms with Crippen LogP contribution in [-0.4, -0.2) is 89.6 Å². The van der Waals surface area contributed by atoms with Gasteiger partial charge in [0.2, 0.25) is 0 Å². The van der Waals surface area contributed by atoms with Crippen molar-refractivity contribution in [3.63, 3.8) is 0 Å². The second-order valence-electron chi connectivity index (χ2n) is 15.1. The summed E-state index contributed by atoms with van der Waals surface area (Å²) in [5.41, 5.74) is 0. The Balaban J connectivity index is 2.27. The van der Waals surface area contributed by atoms with Crippen molar-refractivity contribution in [1.29, 1.82) is 0 Å². The van der Waals surface area contributed by atoms with Crippen molar-refractivity contribution in [2.45, 2.75) is 230 Å². The molecule has 1 heterocycles. The lowest BCUT2D eigenvalue weighted by atomic mass is 9.99. The zero-order chi connectivity index (χ0) is 37.9. The molecule has 0 amide bonds. The number of ether oxygens (including phenoxy) is 4. The molecule has 1 fully saturated rings. The lowest BCUT2D eigenvalue weighted by Gasteiger charge is -2.39. The van der Waals surface area contributed by atoms with Crippen LogP contribution in [0.25, 0.3) is 0 Å². The first-order chi connectivity index (χ1) is 25.4. The van der Waals surface area contributed by atoms with Crippen molar-refractivity contribution < 1.29 is 44.2 Å². The van der Waals surface area contributed by atoms with Crippen LogP contribution in [0.4, 0.5) is 0 Å². The molecule has 0 aromatic carbocycles. The quantitative estimate of drug-likeness (QED) is 0.0279. The molecule has 308 valence electrons. The van der Waals surface area contributed by atoms with Crippen LogP contribution in [-0.2, 0) is 23.7 Å². The monoisotopic (exact) mass is 743 g/mol. The summed E-state index contributed by atoms with van der Waals surface area (Å²) in [4.78, 5) is 12.7. The fourth-order valence-electron chi connectivity index (χ4n) is 6.72. The van der Waals surface area contributed by atoms with E-state index in [1.807, 2.05) is 0 Å². The molecule has 0 aromatic rings. The van der Waals surface area contributed by atoms with Gasteiger partial charge in [0.15, 0.2) is 6.29 Å². The summed E-state index contributed by atoms with van der Waals surface area (Å²) in [6.07, 6.45) is 30.9. The number of aliphatic hydroxyl groups excluding tert-OH is 4. The number of carbonyl (C=O) groups is 1. The predicted molar refractivity (Wildman–Crippen MR) is 210 cm³/mol. The normalized spacial score (nSPS) is 21.2. The summed E-state index contributed by atoms with van der Waals surface area (Å²) in [6, 6.07) is 0. The van der Waals surface area contributed by atoms with Gasteiger partial charge in [-0.15, -0.1) is 0 Å². The molecular formula is C43H82O9. The molecule has 0 saturated carbocycles. The van der Waals surface area contributed by atoms with Gasteiger partial charge < -0.3 is 39.4 Å². The molecule has 1 aliphatic heterocycles. The molecule has 6 atom stereocenters. The Morgan fingerprint density at radius 1 is 0.596 bits per heavy atom. The largest absolute Gasteiger partial charge is 0.457 e. The lowest BCUT2D eigenvalue weighted by molar-refractivity contribution is -0.305. The number of hydrogen-bond acceptors (Lipinski definition) is 9. The van der Waals surface area contributed by atoms with E-state index in [2.05, 4.69) is 26.0 Å². The summed E-state index contributed by atoms with van der Waals surface area (Å²) in [5, 5.41) is 40.0. The maximum Gasteiger partial charge on any atom is 0.306 e. The maximum absolute atomic E-state index is 12.7. The average Bonchev–Trinajstić information content (AvgIpc) is 3.14. The highest BCUT2D eigenvalue weighted by molar-refractivity contribution is 5.69. The van der Waals surface area contributed by atoms with Crippen LogP contribution in [0.2, 0.25) is 0 Å². The van der Waals surface area contributed by atoms with Crippen LogP contribution in [0.5, 0.6) is 0 Å². The summed E-state index contributed by atoms with van der Waals surface area (Å²) >= 11 is 0. The molecule has 6 unspecified atom stereocenters. The second kappa shape index (κ2) is 35.6. The number of allylic oxidation sites excluding steroid dienone is 2. The van der Waals surface area contributed by atoms with Gasteiger partial charge in [0, 0.05) is 13.0 Å². The zero-order valence-electron chi connectivity index (χ0n) is 33.6. The summed E-state index contributed by atoms with van der Waals surface area (Å²) in [7, 11) is 0. The minimum atomic E-state index is -1.53. The van der Waals surface area contributed by atoms with E-state index in [0.29, 0.717) is 13.0 Å². The minimum absolute atomic E-state index is 0.110. The topological polar surface area (TPSA) is 135 Å². The molecule has 0 aliphatic carbocycles. The third-order valence-electron chi connectivity index (χ3n) is 10.2. The van der Waals surface area contributed by atoms with Crippen LogP contribution >= 0.6 is 0 Å². The van der Waals surface area contributed by atoms with Gasteiger partial charge in [-0.1, -0.05) is 161 Å². The molecule has 9 nitrogen and oxygen atoms in total. The zero-order valence-corrected chi connectivity index (χ0v) is 33.6. The number of rotatable bonds is 37. The van der Waals surface area contributed by atoms with Crippen molar-refractivity contribution in [2.24, 2.45) is 0 Å². The highest BCUT2D eigenvalue weighted by atomic mass is 16.7. The van der Waals surface area contributed by atoms with Gasteiger partial charge >= 0.3 is 5.97 Å². The Hall–Kier alpha value is -1.07.